The Bertz CT molecular complexity index is 1430. The van der Waals surface area contributed by atoms with Crippen LogP contribution < -0.4 is 11.3 Å². The molecule has 34 heavy (non-hydrogen) atoms. The van der Waals surface area contributed by atoms with Crippen molar-refractivity contribution in [3.05, 3.63) is 34.4 Å². The van der Waals surface area contributed by atoms with Gasteiger partial charge in [-0.2, -0.15) is 9.40 Å². The van der Waals surface area contributed by atoms with Crippen molar-refractivity contribution in [1.82, 2.24) is 28.4 Å². The number of hydrogen-bond acceptors (Lipinski definition) is 7. The zero-order chi connectivity index (χ0) is 24.6. The molecular weight excluding hydrogens is 458 g/mol. The van der Waals surface area contributed by atoms with E-state index in [2.05, 4.69) is 17.1 Å². The third-order valence-electron chi connectivity index (χ3n) is 7.29. The van der Waals surface area contributed by atoms with E-state index in [1.165, 1.54) is 4.31 Å². The van der Waals surface area contributed by atoms with Crippen LogP contribution in [0.4, 0.5) is 5.82 Å². The quantitative estimate of drug-likeness (QED) is 0.530. The minimum atomic E-state index is -3.38. The number of nitrogens with zero attached hydrogens (tertiary/aromatic N) is 6. The Labute approximate surface area is 198 Å². The predicted molar refractivity (Wildman–Crippen MR) is 128 cm³/mol. The molecular formula is C22H31N7O4S. The van der Waals surface area contributed by atoms with Crippen LogP contribution in [0.5, 0.6) is 0 Å². The van der Waals surface area contributed by atoms with Crippen LogP contribution >= 0.6 is 0 Å². The number of aryl methyl sites for hydroxylation is 1. The Morgan fingerprint density at radius 1 is 1.21 bits per heavy atom. The molecule has 1 saturated heterocycles. The van der Waals surface area contributed by atoms with Crippen molar-refractivity contribution in [2.45, 2.75) is 50.5 Å². The Morgan fingerprint density at radius 3 is 2.47 bits per heavy atom. The summed E-state index contributed by atoms with van der Waals surface area (Å²) in [4.78, 5) is 13.2. The molecule has 1 aliphatic heterocycles. The number of sulfonamides is 1. The second-order valence-corrected chi connectivity index (χ2v) is 12.2. The Balaban J connectivity index is 1.52. The van der Waals surface area contributed by atoms with Crippen molar-refractivity contribution in [2.75, 3.05) is 25.9 Å². The van der Waals surface area contributed by atoms with E-state index in [1.54, 1.807) is 48.1 Å². The first kappa shape index (κ1) is 23.1. The van der Waals surface area contributed by atoms with Crippen molar-refractivity contribution < 1.29 is 13.2 Å². The summed E-state index contributed by atoms with van der Waals surface area (Å²) >= 11 is 0. The molecule has 0 radical (unpaired) electrons. The van der Waals surface area contributed by atoms with Crippen LogP contribution in [0.1, 0.15) is 45.3 Å². The molecule has 0 aromatic carbocycles. The van der Waals surface area contributed by atoms with Crippen molar-refractivity contribution in [3.63, 3.8) is 0 Å². The summed E-state index contributed by atoms with van der Waals surface area (Å²) in [6.07, 6.45) is 4.06. The highest BCUT2D eigenvalue weighted by molar-refractivity contribution is 7.89. The maximum Gasteiger partial charge on any atom is 0.264 e. The van der Waals surface area contributed by atoms with Gasteiger partial charge in [0.1, 0.15) is 11.0 Å². The van der Waals surface area contributed by atoms with Gasteiger partial charge < -0.3 is 15.0 Å². The monoisotopic (exact) mass is 489 g/mol. The molecule has 2 N–H and O–H groups in total. The highest BCUT2D eigenvalue weighted by Gasteiger charge is 2.52. The maximum absolute atomic E-state index is 13.2. The minimum absolute atomic E-state index is 0.117. The molecule has 1 atom stereocenters. The van der Waals surface area contributed by atoms with Crippen molar-refractivity contribution in [2.24, 2.45) is 13.0 Å². The van der Waals surface area contributed by atoms with Crippen LogP contribution in [0.3, 0.4) is 0 Å². The molecule has 1 saturated carbocycles. The number of anilines is 1. The summed E-state index contributed by atoms with van der Waals surface area (Å²) in [5.41, 5.74) is 6.52. The van der Waals surface area contributed by atoms with Crippen molar-refractivity contribution in [1.29, 1.82) is 0 Å². The summed E-state index contributed by atoms with van der Waals surface area (Å²) in [6.45, 7) is 5.79. The molecule has 3 aromatic rings. The summed E-state index contributed by atoms with van der Waals surface area (Å²) in [6, 6.07) is 3.78. The number of aromatic nitrogens is 5. The van der Waals surface area contributed by atoms with Crippen LogP contribution in [-0.4, -0.2) is 62.3 Å². The number of fused-ring (bicyclic) bond motifs is 1. The lowest BCUT2D eigenvalue weighted by atomic mass is 9.92. The SMILES string of the molecule is COC1(c2cc(-n3nc(N)c4c(=O)n([C@@H](C)C5CC5)ccc43)nn2C)CN(S(=O)(=O)C(C)C)C1. The Kier molecular flexibility index (Phi) is 5.19. The third-order valence-corrected chi connectivity index (χ3v) is 9.46. The van der Waals surface area contributed by atoms with E-state index in [0.717, 1.165) is 18.5 Å². The van der Waals surface area contributed by atoms with E-state index < -0.39 is 20.9 Å². The van der Waals surface area contributed by atoms with Gasteiger partial charge in [0.25, 0.3) is 5.56 Å². The van der Waals surface area contributed by atoms with Gasteiger partial charge in [0.2, 0.25) is 10.0 Å². The summed E-state index contributed by atoms with van der Waals surface area (Å²) in [5, 5.41) is 8.89. The molecule has 2 aliphatic rings. The number of nitrogen functional groups attached to an aromatic ring is 1. The number of nitrogens with two attached hydrogens (primary N) is 1. The zero-order valence-electron chi connectivity index (χ0n) is 20.1. The average Bonchev–Trinajstić information content (AvgIpc) is 3.45. The van der Waals surface area contributed by atoms with E-state index in [4.69, 9.17) is 10.5 Å². The summed E-state index contributed by atoms with van der Waals surface area (Å²) in [7, 11) is -0.0356. The molecule has 12 heteroatoms. The van der Waals surface area contributed by atoms with Crippen LogP contribution in [0.15, 0.2) is 23.1 Å². The van der Waals surface area contributed by atoms with E-state index >= 15 is 0 Å². The van der Waals surface area contributed by atoms with Gasteiger partial charge in [0.05, 0.1) is 16.5 Å². The Morgan fingerprint density at radius 2 is 1.88 bits per heavy atom. The van der Waals surface area contributed by atoms with Crippen LogP contribution in [0.25, 0.3) is 16.7 Å². The first-order valence-corrected chi connectivity index (χ1v) is 13.0. The van der Waals surface area contributed by atoms with Crippen LogP contribution in [0.2, 0.25) is 0 Å². The van der Waals surface area contributed by atoms with Gasteiger partial charge in [-0.15, -0.1) is 5.10 Å². The van der Waals surface area contributed by atoms with Gasteiger partial charge in [0, 0.05) is 45.6 Å². The highest BCUT2D eigenvalue weighted by Crippen LogP contribution is 2.40. The van der Waals surface area contributed by atoms with Crippen molar-refractivity contribution >= 4 is 26.7 Å². The normalized spacial score (nSPS) is 19.6. The molecule has 0 unspecified atom stereocenters. The van der Waals surface area contributed by atoms with E-state index in [9.17, 15) is 13.2 Å². The molecule has 3 aromatic heterocycles. The number of ether oxygens (including phenoxy) is 1. The summed E-state index contributed by atoms with van der Waals surface area (Å²) in [5.74, 6) is 1.16. The topological polar surface area (TPSA) is 130 Å². The summed E-state index contributed by atoms with van der Waals surface area (Å²) < 4.78 is 37.3. The zero-order valence-corrected chi connectivity index (χ0v) is 20.9. The number of rotatable bonds is 7. The van der Waals surface area contributed by atoms with Gasteiger partial charge in [0.15, 0.2) is 11.6 Å². The maximum atomic E-state index is 13.2. The van der Waals surface area contributed by atoms with Crippen LogP contribution in [-0.2, 0) is 27.4 Å². The second kappa shape index (κ2) is 7.65. The lowest BCUT2D eigenvalue weighted by molar-refractivity contribution is -0.103. The minimum Gasteiger partial charge on any atom is -0.382 e. The molecule has 1 aliphatic carbocycles. The molecule has 4 heterocycles. The molecule has 11 nitrogen and oxygen atoms in total. The van der Waals surface area contributed by atoms with E-state index in [0.29, 0.717) is 22.6 Å². The third kappa shape index (κ3) is 3.30. The van der Waals surface area contributed by atoms with Gasteiger partial charge in [-0.05, 0) is 45.6 Å². The van der Waals surface area contributed by atoms with Gasteiger partial charge in [-0.1, -0.05) is 0 Å². The fourth-order valence-electron chi connectivity index (χ4n) is 4.85. The van der Waals surface area contributed by atoms with Crippen LogP contribution in [0, 0.1) is 5.92 Å². The number of pyridine rings is 1. The first-order chi connectivity index (χ1) is 16.0. The Hall–Kier alpha value is -2.70. The van der Waals surface area contributed by atoms with E-state index in [-0.39, 0.29) is 30.5 Å². The van der Waals surface area contributed by atoms with Crippen molar-refractivity contribution in [3.8, 4) is 5.82 Å². The molecule has 184 valence electrons. The lowest BCUT2D eigenvalue weighted by Gasteiger charge is -2.48. The molecule has 0 amide bonds. The van der Waals surface area contributed by atoms with E-state index in [1.807, 2.05) is 12.1 Å². The molecule has 5 rings (SSSR count). The lowest BCUT2D eigenvalue weighted by Crippen LogP contribution is -2.63. The molecule has 0 bridgehead atoms. The largest absolute Gasteiger partial charge is 0.382 e. The van der Waals surface area contributed by atoms with Gasteiger partial charge in [-0.25, -0.2) is 13.1 Å². The molecule has 0 spiro atoms. The second-order valence-electron chi connectivity index (χ2n) is 9.74. The fourth-order valence-corrected chi connectivity index (χ4v) is 6.22. The van der Waals surface area contributed by atoms with Gasteiger partial charge in [-0.3, -0.25) is 9.48 Å². The predicted octanol–water partition coefficient (Wildman–Crippen LogP) is 1.37. The first-order valence-electron chi connectivity index (χ1n) is 11.5. The fraction of sp³-hybridized carbons (Fsp3) is 0.591. The number of hydrogen-bond donors (Lipinski definition) is 1. The average molecular weight is 490 g/mol. The number of methoxy groups -OCH3 is 1. The van der Waals surface area contributed by atoms with Gasteiger partial charge >= 0.3 is 0 Å². The standard InChI is InChI=1S/C22H31N7O4S/c1-13(2)34(31,32)27-11-22(12-27,33-5)17-10-18(24-26(17)4)29-16-8-9-28(14(3)15-6-7-15)21(30)19(16)20(23)25-29/h8-10,13-15H,6-7,11-12H2,1-5H3,(H2,23,25)/t14-/m0/s1. The highest BCUT2D eigenvalue weighted by atomic mass is 32.2. The molecule has 2 fully saturated rings. The smallest absolute Gasteiger partial charge is 0.264 e.